The molecule has 1 saturated heterocycles. The van der Waals surface area contributed by atoms with Crippen molar-refractivity contribution in [2.45, 2.75) is 46.1 Å². The van der Waals surface area contributed by atoms with Gasteiger partial charge in [-0.25, -0.2) is 14.2 Å². The van der Waals surface area contributed by atoms with Crippen LogP contribution in [0.1, 0.15) is 55.6 Å². The number of pyridine rings is 1. The third kappa shape index (κ3) is 3.85. The number of piperidine rings is 1. The zero-order valence-corrected chi connectivity index (χ0v) is 18.2. The predicted octanol–water partition coefficient (Wildman–Crippen LogP) is 3.26. The standard InChI is InChI=1S/C21H27N5O2S/c1-21(2,3)13-26-17-8-7-16(23-18(17)24(4)20(26)28)14-6-5-9-25(11-14)19(27)15-10-22-29-12-15/h7-8,10,12,14H,5-6,9,11,13H2,1-4H3. The minimum Gasteiger partial charge on any atom is -0.338 e. The number of hydrogen-bond acceptors (Lipinski definition) is 5. The Labute approximate surface area is 174 Å². The second-order valence-corrected chi connectivity index (χ2v) is 9.73. The molecule has 0 spiro atoms. The average Bonchev–Trinajstić information content (AvgIpc) is 3.30. The summed E-state index contributed by atoms with van der Waals surface area (Å²) in [4.78, 5) is 32.2. The monoisotopic (exact) mass is 413 g/mol. The van der Waals surface area contributed by atoms with Gasteiger partial charge in [-0.15, -0.1) is 0 Å². The third-order valence-electron chi connectivity index (χ3n) is 5.44. The van der Waals surface area contributed by atoms with Gasteiger partial charge >= 0.3 is 5.69 Å². The molecule has 0 saturated carbocycles. The van der Waals surface area contributed by atoms with Gasteiger partial charge in [0.25, 0.3) is 5.91 Å². The second kappa shape index (κ2) is 7.40. The molecule has 0 aromatic carbocycles. The van der Waals surface area contributed by atoms with E-state index >= 15 is 0 Å². The van der Waals surface area contributed by atoms with Crippen LogP contribution >= 0.6 is 11.5 Å². The Balaban J connectivity index is 1.63. The number of carbonyl (C=O) groups is 1. The maximum absolute atomic E-state index is 12.8. The van der Waals surface area contributed by atoms with E-state index in [1.54, 1.807) is 23.2 Å². The van der Waals surface area contributed by atoms with Gasteiger partial charge in [0.2, 0.25) is 0 Å². The lowest BCUT2D eigenvalue weighted by Gasteiger charge is -2.32. The number of aromatic nitrogens is 4. The van der Waals surface area contributed by atoms with Gasteiger partial charge in [0, 0.05) is 43.7 Å². The molecule has 1 fully saturated rings. The summed E-state index contributed by atoms with van der Waals surface area (Å²) in [5, 5.41) is 1.80. The summed E-state index contributed by atoms with van der Waals surface area (Å²) in [6.45, 7) is 8.41. The van der Waals surface area contributed by atoms with E-state index in [4.69, 9.17) is 4.98 Å². The van der Waals surface area contributed by atoms with Crippen LogP contribution in [0.3, 0.4) is 0 Å². The number of rotatable bonds is 3. The minimum absolute atomic E-state index is 0.00245. The van der Waals surface area contributed by atoms with Crippen LogP contribution in [-0.2, 0) is 13.6 Å². The van der Waals surface area contributed by atoms with Crippen molar-refractivity contribution < 1.29 is 4.79 Å². The van der Waals surface area contributed by atoms with Crippen LogP contribution in [0.25, 0.3) is 11.2 Å². The fourth-order valence-corrected chi connectivity index (χ4v) is 4.55. The summed E-state index contributed by atoms with van der Waals surface area (Å²) >= 11 is 1.29. The fourth-order valence-electron chi connectivity index (χ4n) is 4.04. The van der Waals surface area contributed by atoms with Crippen molar-refractivity contribution in [3.63, 3.8) is 0 Å². The molecule has 0 N–H and O–H groups in total. The summed E-state index contributed by atoms with van der Waals surface area (Å²) in [5.74, 6) is 0.207. The van der Waals surface area contributed by atoms with E-state index < -0.39 is 0 Å². The van der Waals surface area contributed by atoms with E-state index in [0.717, 1.165) is 30.6 Å². The molecule has 1 aliphatic rings. The van der Waals surface area contributed by atoms with Gasteiger partial charge in [0.15, 0.2) is 5.65 Å². The maximum Gasteiger partial charge on any atom is 0.330 e. The SMILES string of the molecule is Cn1c(=O)n(CC(C)(C)C)c2ccc(C3CCCN(C(=O)c4cnsc4)C3)nc21. The highest BCUT2D eigenvalue weighted by atomic mass is 32.1. The van der Waals surface area contributed by atoms with E-state index in [2.05, 4.69) is 25.1 Å². The summed E-state index contributed by atoms with van der Waals surface area (Å²) in [5.41, 5.74) is 3.14. The Kier molecular flexibility index (Phi) is 5.06. The van der Waals surface area contributed by atoms with E-state index in [0.29, 0.717) is 24.3 Å². The van der Waals surface area contributed by atoms with Crippen molar-refractivity contribution in [3.8, 4) is 0 Å². The van der Waals surface area contributed by atoms with Gasteiger partial charge in [-0.2, -0.15) is 0 Å². The molecule has 1 atom stereocenters. The largest absolute Gasteiger partial charge is 0.338 e. The third-order valence-corrected chi connectivity index (χ3v) is 6.03. The number of nitrogens with zero attached hydrogens (tertiary/aromatic N) is 5. The van der Waals surface area contributed by atoms with Crippen LogP contribution in [0.5, 0.6) is 0 Å². The normalized spacial score (nSPS) is 17.8. The number of aryl methyl sites for hydroxylation is 1. The summed E-state index contributed by atoms with van der Waals surface area (Å²) < 4.78 is 7.49. The molecule has 4 rings (SSSR count). The van der Waals surface area contributed by atoms with Gasteiger partial charge < -0.3 is 4.90 Å². The second-order valence-electron chi connectivity index (χ2n) is 9.07. The van der Waals surface area contributed by atoms with Gasteiger partial charge in [0.1, 0.15) is 0 Å². The van der Waals surface area contributed by atoms with Gasteiger partial charge in [-0.05, 0) is 41.9 Å². The maximum atomic E-state index is 12.8. The molecule has 29 heavy (non-hydrogen) atoms. The van der Waals surface area contributed by atoms with Crippen LogP contribution in [0.4, 0.5) is 0 Å². The highest BCUT2D eigenvalue weighted by molar-refractivity contribution is 7.03. The van der Waals surface area contributed by atoms with Gasteiger partial charge in [-0.1, -0.05) is 20.8 Å². The molecule has 3 aromatic heterocycles. The molecule has 1 aliphatic heterocycles. The zero-order chi connectivity index (χ0) is 20.8. The first-order chi connectivity index (χ1) is 13.7. The molecule has 154 valence electrons. The highest BCUT2D eigenvalue weighted by Gasteiger charge is 2.27. The van der Waals surface area contributed by atoms with E-state index in [1.807, 2.05) is 21.6 Å². The molecule has 8 heteroatoms. The molecule has 1 unspecified atom stereocenters. The van der Waals surface area contributed by atoms with Gasteiger partial charge in [0.05, 0.1) is 17.3 Å². The smallest absolute Gasteiger partial charge is 0.330 e. The molecule has 7 nitrogen and oxygen atoms in total. The predicted molar refractivity (Wildman–Crippen MR) is 114 cm³/mol. The molecule has 4 heterocycles. The van der Waals surface area contributed by atoms with Crippen LogP contribution in [0.15, 0.2) is 28.5 Å². The number of imidazole rings is 1. The first kappa shape index (κ1) is 19.8. The minimum atomic E-state index is -0.0371. The number of likely N-dealkylation sites (tertiary alicyclic amines) is 1. The summed E-state index contributed by atoms with van der Waals surface area (Å²) in [6.07, 6.45) is 3.56. The number of carbonyl (C=O) groups excluding carboxylic acids is 1. The Morgan fingerprint density at radius 1 is 1.31 bits per heavy atom. The Bertz CT molecular complexity index is 1090. The van der Waals surface area contributed by atoms with Crippen LogP contribution < -0.4 is 5.69 Å². The molecule has 3 aromatic rings. The molecule has 0 aliphatic carbocycles. The van der Waals surface area contributed by atoms with E-state index in [9.17, 15) is 9.59 Å². The summed E-state index contributed by atoms with van der Waals surface area (Å²) in [7, 11) is 1.78. The Morgan fingerprint density at radius 2 is 2.10 bits per heavy atom. The topological polar surface area (TPSA) is 73.0 Å². The Hall–Kier alpha value is -2.48. The highest BCUT2D eigenvalue weighted by Crippen LogP contribution is 2.28. The average molecular weight is 414 g/mol. The first-order valence-corrected chi connectivity index (χ1v) is 10.8. The van der Waals surface area contributed by atoms with E-state index in [1.165, 1.54) is 11.5 Å². The molecule has 0 bridgehead atoms. The molecular formula is C21H27N5O2S. The summed E-state index contributed by atoms with van der Waals surface area (Å²) in [6, 6.07) is 4.03. The first-order valence-electron chi connectivity index (χ1n) is 9.99. The van der Waals surface area contributed by atoms with Crippen molar-refractivity contribution in [3.05, 3.63) is 45.5 Å². The van der Waals surface area contributed by atoms with Crippen molar-refractivity contribution in [1.82, 2.24) is 23.4 Å². The number of amides is 1. The van der Waals surface area contributed by atoms with Crippen molar-refractivity contribution in [2.24, 2.45) is 12.5 Å². The number of hydrogen-bond donors (Lipinski definition) is 0. The van der Waals surface area contributed by atoms with Crippen LogP contribution in [0.2, 0.25) is 0 Å². The van der Waals surface area contributed by atoms with Crippen molar-refractivity contribution in [1.29, 1.82) is 0 Å². The quantitative estimate of drug-likeness (QED) is 0.661. The number of fused-ring (bicyclic) bond motifs is 1. The molecule has 1 amide bonds. The van der Waals surface area contributed by atoms with Crippen LogP contribution in [0, 0.1) is 5.41 Å². The van der Waals surface area contributed by atoms with E-state index in [-0.39, 0.29) is 22.9 Å². The van der Waals surface area contributed by atoms with Crippen molar-refractivity contribution >= 4 is 28.6 Å². The zero-order valence-electron chi connectivity index (χ0n) is 17.4. The Morgan fingerprint density at radius 3 is 2.79 bits per heavy atom. The molecular weight excluding hydrogens is 386 g/mol. The lowest BCUT2D eigenvalue weighted by Crippen LogP contribution is -2.39. The fraction of sp³-hybridized carbons (Fsp3) is 0.524. The van der Waals surface area contributed by atoms with Crippen LogP contribution in [-0.4, -0.2) is 42.4 Å². The van der Waals surface area contributed by atoms with Gasteiger partial charge in [-0.3, -0.25) is 13.9 Å². The lowest BCUT2D eigenvalue weighted by molar-refractivity contribution is 0.0706. The van der Waals surface area contributed by atoms with Crippen molar-refractivity contribution in [2.75, 3.05) is 13.1 Å². The lowest BCUT2D eigenvalue weighted by atomic mass is 9.94. The molecule has 0 radical (unpaired) electrons.